The van der Waals surface area contributed by atoms with Crippen LogP contribution >= 0.6 is 0 Å². The molecule has 1 aromatic rings. The van der Waals surface area contributed by atoms with Crippen LogP contribution in [0.25, 0.3) is 0 Å². The maximum Gasteiger partial charge on any atom is 0.208 e. The van der Waals surface area contributed by atoms with Crippen molar-refractivity contribution >= 4 is 10.0 Å². The molecule has 0 aromatic heterocycles. The molecule has 2 aliphatic rings. The molecule has 2 heterocycles. The van der Waals surface area contributed by atoms with Gasteiger partial charge in [0, 0.05) is 26.2 Å². The van der Waals surface area contributed by atoms with E-state index in [1.807, 2.05) is 0 Å². The molecular weight excluding hydrogens is 312 g/mol. The Morgan fingerprint density at radius 3 is 2.57 bits per heavy atom. The number of aryl methyl sites for hydroxylation is 1. The summed E-state index contributed by atoms with van der Waals surface area (Å²) in [5.74, 6) is 0.293. The van der Waals surface area contributed by atoms with Crippen LogP contribution in [0, 0.1) is 12.8 Å². The lowest BCUT2D eigenvalue weighted by Crippen LogP contribution is -2.64. The van der Waals surface area contributed by atoms with E-state index in [0.717, 1.165) is 32.5 Å². The summed E-state index contributed by atoms with van der Waals surface area (Å²) in [6.07, 6.45) is 3.25. The van der Waals surface area contributed by atoms with E-state index in [0.29, 0.717) is 19.1 Å². The molecule has 5 nitrogen and oxygen atoms in total. The maximum atomic E-state index is 11.1. The summed E-state index contributed by atoms with van der Waals surface area (Å²) in [6.45, 7) is 6.18. The predicted molar refractivity (Wildman–Crippen MR) is 90.7 cm³/mol. The van der Waals surface area contributed by atoms with Crippen molar-refractivity contribution in [2.75, 3.05) is 32.5 Å². The largest absolute Gasteiger partial charge is 0.372 e. The van der Waals surface area contributed by atoms with Gasteiger partial charge in [0.25, 0.3) is 0 Å². The van der Waals surface area contributed by atoms with Gasteiger partial charge in [0.2, 0.25) is 10.0 Å². The lowest BCUT2D eigenvalue weighted by Gasteiger charge is -2.53. The minimum absolute atomic E-state index is 0.00624. The van der Waals surface area contributed by atoms with Gasteiger partial charge in [-0.15, -0.1) is 0 Å². The van der Waals surface area contributed by atoms with Crippen LogP contribution in [-0.4, -0.2) is 51.4 Å². The highest BCUT2D eigenvalue weighted by molar-refractivity contribution is 7.88. The second-order valence-electron chi connectivity index (χ2n) is 7.15. The monoisotopic (exact) mass is 338 g/mol. The molecule has 0 bridgehead atoms. The SMILES string of the molecule is Cc1ccc(CN2CC3(CC[C@@H](CNS(C)(=O)=O)CO3)C2)cc1. The Kier molecular flexibility index (Phi) is 4.78. The van der Waals surface area contributed by atoms with Crippen LogP contribution in [0.2, 0.25) is 0 Å². The molecule has 0 radical (unpaired) electrons. The number of hydrogen-bond donors (Lipinski definition) is 1. The zero-order chi connectivity index (χ0) is 16.5. The summed E-state index contributed by atoms with van der Waals surface area (Å²) < 4.78 is 31.0. The molecule has 2 fully saturated rings. The predicted octanol–water partition coefficient (Wildman–Crippen LogP) is 1.53. The molecule has 3 rings (SSSR count). The van der Waals surface area contributed by atoms with Gasteiger partial charge in [-0.1, -0.05) is 29.8 Å². The van der Waals surface area contributed by atoms with Gasteiger partial charge in [0.15, 0.2) is 0 Å². The second-order valence-corrected chi connectivity index (χ2v) is 8.98. The molecule has 128 valence electrons. The summed E-state index contributed by atoms with van der Waals surface area (Å²) in [7, 11) is -3.10. The van der Waals surface area contributed by atoms with E-state index in [2.05, 4.69) is 40.8 Å². The fraction of sp³-hybridized carbons (Fsp3) is 0.647. The fourth-order valence-corrected chi connectivity index (χ4v) is 3.97. The molecule has 23 heavy (non-hydrogen) atoms. The molecule has 1 aromatic carbocycles. The molecular formula is C17H26N2O3S. The van der Waals surface area contributed by atoms with Gasteiger partial charge in [-0.3, -0.25) is 4.90 Å². The van der Waals surface area contributed by atoms with Crippen molar-refractivity contribution in [1.82, 2.24) is 9.62 Å². The van der Waals surface area contributed by atoms with Gasteiger partial charge < -0.3 is 4.74 Å². The number of nitrogens with one attached hydrogen (secondary N) is 1. The van der Waals surface area contributed by atoms with Gasteiger partial charge in [0.1, 0.15) is 0 Å². The smallest absolute Gasteiger partial charge is 0.208 e. The highest BCUT2D eigenvalue weighted by atomic mass is 32.2. The van der Waals surface area contributed by atoms with Crippen LogP contribution in [-0.2, 0) is 21.3 Å². The fourth-order valence-electron chi connectivity index (χ4n) is 3.43. The van der Waals surface area contributed by atoms with Crippen molar-refractivity contribution < 1.29 is 13.2 Å². The lowest BCUT2D eigenvalue weighted by atomic mass is 9.83. The molecule has 2 saturated heterocycles. The van der Waals surface area contributed by atoms with Crippen molar-refractivity contribution in [3.05, 3.63) is 35.4 Å². The maximum absolute atomic E-state index is 11.1. The molecule has 0 aliphatic carbocycles. The van der Waals surface area contributed by atoms with Crippen LogP contribution in [0.4, 0.5) is 0 Å². The topological polar surface area (TPSA) is 58.6 Å². The Labute approximate surface area is 139 Å². The number of sulfonamides is 1. The van der Waals surface area contributed by atoms with E-state index in [4.69, 9.17) is 4.74 Å². The quantitative estimate of drug-likeness (QED) is 0.884. The Morgan fingerprint density at radius 1 is 1.30 bits per heavy atom. The molecule has 0 unspecified atom stereocenters. The molecule has 0 amide bonds. The Morgan fingerprint density at radius 2 is 2.00 bits per heavy atom. The highest BCUT2D eigenvalue weighted by Gasteiger charge is 2.46. The first-order valence-electron chi connectivity index (χ1n) is 8.20. The van der Waals surface area contributed by atoms with Crippen LogP contribution in [0.1, 0.15) is 24.0 Å². The molecule has 1 spiro atoms. The van der Waals surface area contributed by atoms with E-state index in [1.54, 1.807) is 0 Å². The van der Waals surface area contributed by atoms with E-state index in [1.165, 1.54) is 17.4 Å². The third-order valence-electron chi connectivity index (χ3n) is 4.82. The first-order chi connectivity index (χ1) is 10.8. The summed E-state index contributed by atoms with van der Waals surface area (Å²) in [6, 6.07) is 8.69. The molecule has 1 atom stereocenters. The summed E-state index contributed by atoms with van der Waals surface area (Å²) >= 11 is 0. The third kappa shape index (κ3) is 4.53. The molecule has 1 N–H and O–H groups in total. The number of likely N-dealkylation sites (tertiary alicyclic amines) is 1. The van der Waals surface area contributed by atoms with Crippen molar-refractivity contribution in [2.45, 2.75) is 31.9 Å². The van der Waals surface area contributed by atoms with Gasteiger partial charge in [-0.2, -0.15) is 0 Å². The lowest BCUT2D eigenvalue weighted by molar-refractivity contribution is -0.181. The van der Waals surface area contributed by atoms with Crippen molar-refractivity contribution in [3.8, 4) is 0 Å². The third-order valence-corrected chi connectivity index (χ3v) is 5.51. The number of hydrogen-bond acceptors (Lipinski definition) is 4. The van der Waals surface area contributed by atoms with E-state index in [-0.39, 0.29) is 5.60 Å². The Hall–Kier alpha value is -0.950. The van der Waals surface area contributed by atoms with Gasteiger partial charge in [-0.25, -0.2) is 13.1 Å². The van der Waals surface area contributed by atoms with E-state index >= 15 is 0 Å². The average molecular weight is 338 g/mol. The first kappa shape index (κ1) is 16.9. The van der Waals surface area contributed by atoms with Crippen molar-refractivity contribution in [3.63, 3.8) is 0 Å². The normalized spacial score (nSPS) is 24.5. The van der Waals surface area contributed by atoms with Gasteiger partial charge in [0.05, 0.1) is 18.5 Å². The van der Waals surface area contributed by atoms with Crippen LogP contribution < -0.4 is 4.72 Å². The summed E-state index contributed by atoms with van der Waals surface area (Å²) in [5, 5.41) is 0. The standard InChI is InChI=1S/C17H26N2O3S/c1-14-3-5-15(6-4-14)10-19-12-17(13-19)8-7-16(11-22-17)9-18-23(2,20)21/h3-6,16,18H,7-13H2,1-2H3/t16-/m0/s1. The van der Waals surface area contributed by atoms with Gasteiger partial charge in [-0.05, 0) is 31.2 Å². The second kappa shape index (κ2) is 6.51. The van der Waals surface area contributed by atoms with E-state index < -0.39 is 10.0 Å². The Bertz CT molecular complexity index is 626. The van der Waals surface area contributed by atoms with Crippen LogP contribution in [0.3, 0.4) is 0 Å². The molecule has 6 heteroatoms. The Balaban J connectivity index is 1.42. The molecule has 0 saturated carbocycles. The minimum Gasteiger partial charge on any atom is -0.372 e. The van der Waals surface area contributed by atoms with Crippen LogP contribution in [0.15, 0.2) is 24.3 Å². The van der Waals surface area contributed by atoms with Crippen LogP contribution in [0.5, 0.6) is 0 Å². The average Bonchev–Trinajstić information content (AvgIpc) is 2.46. The zero-order valence-electron chi connectivity index (χ0n) is 13.9. The first-order valence-corrected chi connectivity index (χ1v) is 10.1. The highest BCUT2D eigenvalue weighted by Crippen LogP contribution is 2.36. The number of nitrogens with zero attached hydrogens (tertiary/aromatic N) is 1. The zero-order valence-corrected chi connectivity index (χ0v) is 14.7. The van der Waals surface area contributed by atoms with Gasteiger partial charge >= 0.3 is 0 Å². The van der Waals surface area contributed by atoms with Crippen molar-refractivity contribution in [1.29, 1.82) is 0 Å². The summed E-state index contributed by atoms with van der Waals surface area (Å²) in [4.78, 5) is 2.42. The number of ether oxygens (including phenoxy) is 1. The van der Waals surface area contributed by atoms with Crippen molar-refractivity contribution in [2.24, 2.45) is 5.92 Å². The van der Waals surface area contributed by atoms with E-state index in [9.17, 15) is 8.42 Å². The number of benzene rings is 1. The molecule has 2 aliphatic heterocycles. The summed E-state index contributed by atoms with van der Waals surface area (Å²) in [5.41, 5.74) is 2.64. The minimum atomic E-state index is -3.10. The number of rotatable bonds is 5.